The number of ether oxygens (including phenoxy) is 1. The standard InChI is InChI=1S/C21H24N4O4/c1-27-14-12-24-8-10-25(11-9-24)17-6-4-16(5-7-17)22-21(26)18-15-20(29-23-18)19-3-2-13-28-19/h2-7,13,15H,8-12,14H2,1H3,(H,22,26). The number of anilines is 2. The summed E-state index contributed by atoms with van der Waals surface area (Å²) >= 11 is 0. The highest BCUT2D eigenvalue weighted by Gasteiger charge is 2.18. The largest absolute Gasteiger partial charge is 0.461 e. The molecule has 8 heteroatoms. The van der Waals surface area contributed by atoms with Gasteiger partial charge in [-0.1, -0.05) is 5.16 Å². The Balaban J connectivity index is 1.32. The number of hydrogen-bond acceptors (Lipinski definition) is 7. The summed E-state index contributed by atoms with van der Waals surface area (Å²) in [7, 11) is 1.73. The lowest BCUT2D eigenvalue weighted by atomic mass is 10.2. The zero-order chi connectivity index (χ0) is 20.1. The number of amides is 1. The van der Waals surface area contributed by atoms with Crippen LogP contribution in [0.1, 0.15) is 10.5 Å². The van der Waals surface area contributed by atoms with E-state index in [0.717, 1.165) is 45.0 Å². The molecular weight excluding hydrogens is 372 g/mol. The molecular formula is C21H24N4O4. The molecule has 1 amide bonds. The van der Waals surface area contributed by atoms with Crippen molar-refractivity contribution in [3.05, 3.63) is 54.4 Å². The molecule has 0 aliphatic carbocycles. The van der Waals surface area contributed by atoms with Crippen LogP contribution in [0, 0.1) is 0 Å². The van der Waals surface area contributed by atoms with Crippen LogP contribution >= 0.6 is 0 Å². The van der Waals surface area contributed by atoms with Gasteiger partial charge in [0, 0.05) is 57.3 Å². The van der Waals surface area contributed by atoms with Gasteiger partial charge in [-0.15, -0.1) is 0 Å². The third-order valence-corrected chi connectivity index (χ3v) is 4.98. The highest BCUT2D eigenvalue weighted by atomic mass is 16.5. The van der Waals surface area contributed by atoms with E-state index in [1.54, 1.807) is 31.6 Å². The van der Waals surface area contributed by atoms with Crippen molar-refractivity contribution < 1.29 is 18.5 Å². The van der Waals surface area contributed by atoms with Gasteiger partial charge >= 0.3 is 0 Å². The minimum Gasteiger partial charge on any atom is -0.461 e. The summed E-state index contributed by atoms with van der Waals surface area (Å²) in [6.45, 7) is 5.73. The first-order valence-corrected chi connectivity index (χ1v) is 9.61. The Morgan fingerprint density at radius 2 is 1.93 bits per heavy atom. The number of piperazine rings is 1. The molecule has 8 nitrogen and oxygen atoms in total. The molecule has 1 saturated heterocycles. The minimum atomic E-state index is -0.328. The first-order valence-electron chi connectivity index (χ1n) is 9.61. The van der Waals surface area contributed by atoms with Gasteiger partial charge in [0.15, 0.2) is 11.5 Å². The monoisotopic (exact) mass is 396 g/mol. The Labute approximate surface area is 169 Å². The molecule has 29 heavy (non-hydrogen) atoms. The molecule has 2 aromatic heterocycles. The summed E-state index contributed by atoms with van der Waals surface area (Å²) in [5.41, 5.74) is 2.06. The van der Waals surface area contributed by atoms with Crippen molar-refractivity contribution >= 4 is 17.3 Å². The van der Waals surface area contributed by atoms with Crippen molar-refractivity contribution in [1.29, 1.82) is 0 Å². The van der Waals surface area contributed by atoms with Crippen LogP contribution in [-0.2, 0) is 4.74 Å². The quantitative estimate of drug-likeness (QED) is 0.657. The van der Waals surface area contributed by atoms with Gasteiger partial charge in [0.1, 0.15) is 0 Å². The average molecular weight is 396 g/mol. The van der Waals surface area contributed by atoms with Gasteiger partial charge in [-0.25, -0.2) is 0 Å². The molecule has 3 heterocycles. The molecule has 0 bridgehead atoms. The molecule has 0 saturated carbocycles. The number of methoxy groups -OCH3 is 1. The van der Waals surface area contributed by atoms with Gasteiger partial charge in [-0.3, -0.25) is 9.69 Å². The molecule has 152 valence electrons. The third-order valence-electron chi connectivity index (χ3n) is 4.98. The van der Waals surface area contributed by atoms with E-state index in [4.69, 9.17) is 13.7 Å². The van der Waals surface area contributed by atoms with Crippen molar-refractivity contribution in [3.8, 4) is 11.5 Å². The van der Waals surface area contributed by atoms with Gasteiger partial charge in [-0.2, -0.15) is 0 Å². The normalized spacial score (nSPS) is 14.9. The molecule has 1 aliphatic rings. The second-order valence-electron chi connectivity index (χ2n) is 6.88. The SMILES string of the molecule is COCCN1CCN(c2ccc(NC(=O)c3cc(-c4ccco4)on3)cc2)CC1. The van der Waals surface area contributed by atoms with Crippen LogP contribution in [0.4, 0.5) is 11.4 Å². The van der Waals surface area contributed by atoms with Crippen LogP contribution in [0.2, 0.25) is 0 Å². The van der Waals surface area contributed by atoms with Gasteiger partial charge in [0.2, 0.25) is 5.76 Å². The number of carbonyl (C=O) groups excluding carboxylic acids is 1. The molecule has 0 unspecified atom stereocenters. The van der Waals surface area contributed by atoms with E-state index in [2.05, 4.69) is 20.3 Å². The van der Waals surface area contributed by atoms with Crippen LogP contribution in [0.25, 0.3) is 11.5 Å². The highest BCUT2D eigenvalue weighted by Crippen LogP contribution is 2.22. The Hall–Kier alpha value is -3.10. The molecule has 3 aromatic rings. The van der Waals surface area contributed by atoms with E-state index in [0.29, 0.717) is 17.2 Å². The Morgan fingerprint density at radius 1 is 1.14 bits per heavy atom. The molecule has 1 fully saturated rings. The van der Waals surface area contributed by atoms with Crippen molar-refractivity contribution in [2.75, 3.05) is 56.7 Å². The molecule has 0 spiro atoms. The molecule has 0 radical (unpaired) electrons. The number of aromatic nitrogens is 1. The summed E-state index contributed by atoms with van der Waals surface area (Å²) in [5.74, 6) is 0.620. The molecule has 4 rings (SSSR count). The summed E-state index contributed by atoms with van der Waals surface area (Å²) in [6, 6.07) is 12.9. The van der Waals surface area contributed by atoms with E-state index in [-0.39, 0.29) is 11.6 Å². The van der Waals surface area contributed by atoms with E-state index in [1.807, 2.05) is 24.3 Å². The maximum absolute atomic E-state index is 12.4. The van der Waals surface area contributed by atoms with Crippen molar-refractivity contribution in [2.24, 2.45) is 0 Å². The minimum absolute atomic E-state index is 0.202. The number of carbonyl (C=O) groups is 1. The maximum Gasteiger partial charge on any atom is 0.277 e. The van der Waals surface area contributed by atoms with E-state index in [1.165, 1.54) is 0 Å². The molecule has 0 atom stereocenters. The summed E-state index contributed by atoms with van der Waals surface area (Å²) in [4.78, 5) is 17.2. The van der Waals surface area contributed by atoms with Crippen LogP contribution in [0.15, 0.2) is 57.7 Å². The average Bonchev–Trinajstić information content (AvgIpc) is 3.45. The van der Waals surface area contributed by atoms with Crippen molar-refractivity contribution in [2.45, 2.75) is 0 Å². The Kier molecular flexibility index (Phi) is 5.92. The van der Waals surface area contributed by atoms with Crippen LogP contribution in [0.3, 0.4) is 0 Å². The number of hydrogen-bond donors (Lipinski definition) is 1. The fourth-order valence-electron chi connectivity index (χ4n) is 3.32. The first-order chi connectivity index (χ1) is 14.2. The zero-order valence-corrected chi connectivity index (χ0v) is 16.3. The van der Waals surface area contributed by atoms with Crippen LogP contribution in [-0.4, -0.2) is 62.4 Å². The van der Waals surface area contributed by atoms with Crippen LogP contribution in [0.5, 0.6) is 0 Å². The predicted octanol–water partition coefficient (Wildman–Crippen LogP) is 2.96. The van der Waals surface area contributed by atoms with Crippen molar-refractivity contribution in [3.63, 3.8) is 0 Å². The second-order valence-corrected chi connectivity index (χ2v) is 6.88. The summed E-state index contributed by atoms with van der Waals surface area (Å²) in [5, 5.41) is 6.66. The van der Waals surface area contributed by atoms with Gasteiger partial charge in [-0.05, 0) is 36.4 Å². The number of benzene rings is 1. The molecule has 1 N–H and O–H groups in total. The van der Waals surface area contributed by atoms with E-state index >= 15 is 0 Å². The second kappa shape index (κ2) is 8.93. The summed E-state index contributed by atoms with van der Waals surface area (Å²) in [6.07, 6.45) is 1.54. The smallest absolute Gasteiger partial charge is 0.277 e. The summed E-state index contributed by atoms with van der Waals surface area (Å²) < 4.78 is 15.6. The molecule has 1 aliphatic heterocycles. The third kappa shape index (κ3) is 4.67. The van der Waals surface area contributed by atoms with E-state index in [9.17, 15) is 4.79 Å². The number of nitrogens with one attached hydrogen (secondary N) is 1. The van der Waals surface area contributed by atoms with Gasteiger partial charge in [0.05, 0.1) is 12.9 Å². The Bertz CT molecular complexity index is 913. The zero-order valence-electron chi connectivity index (χ0n) is 16.3. The topological polar surface area (TPSA) is 84.0 Å². The van der Waals surface area contributed by atoms with Gasteiger partial charge < -0.3 is 23.9 Å². The van der Waals surface area contributed by atoms with E-state index < -0.39 is 0 Å². The van der Waals surface area contributed by atoms with Gasteiger partial charge in [0.25, 0.3) is 5.91 Å². The number of furan rings is 1. The fraction of sp³-hybridized carbons (Fsp3) is 0.333. The Morgan fingerprint density at radius 3 is 2.62 bits per heavy atom. The first kappa shape index (κ1) is 19.2. The predicted molar refractivity (Wildman–Crippen MR) is 109 cm³/mol. The number of rotatable bonds is 7. The lowest BCUT2D eigenvalue weighted by Gasteiger charge is -2.36. The lowest BCUT2D eigenvalue weighted by molar-refractivity contribution is 0.101. The lowest BCUT2D eigenvalue weighted by Crippen LogP contribution is -2.47. The maximum atomic E-state index is 12.4. The highest BCUT2D eigenvalue weighted by molar-refractivity contribution is 6.03. The fourth-order valence-corrected chi connectivity index (χ4v) is 3.32. The number of nitrogens with zero attached hydrogens (tertiary/aromatic N) is 3. The van der Waals surface area contributed by atoms with Crippen LogP contribution < -0.4 is 10.2 Å². The van der Waals surface area contributed by atoms with Crippen molar-refractivity contribution in [1.82, 2.24) is 10.1 Å². The molecule has 1 aromatic carbocycles.